The van der Waals surface area contributed by atoms with Gasteiger partial charge in [0, 0.05) is 22.5 Å². The second-order valence-electron chi connectivity index (χ2n) is 3.16. The van der Waals surface area contributed by atoms with E-state index in [9.17, 15) is 0 Å². The quantitative estimate of drug-likeness (QED) is 0.816. The summed E-state index contributed by atoms with van der Waals surface area (Å²) in [5.74, 6) is 1.000. The molecule has 1 atom stereocenters. The van der Waals surface area contributed by atoms with Crippen molar-refractivity contribution in [1.82, 2.24) is 5.32 Å². The maximum Gasteiger partial charge on any atom is 0.125 e. The van der Waals surface area contributed by atoms with Crippen LogP contribution in [0.1, 0.15) is 18.0 Å². The first-order valence-corrected chi connectivity index (χ1v) is 5.20. The van der Waals surface area contributed by atoms with Crippen LogP contribution in [0.3, 0.4) is 0 Å². The highest BCUT2D eigenvalue weighted by Gasteiger charge is 2.19. The smallest absolute Gasteiger partial charge is 0.125 e. The second kappa shape index (κ2) is 3.68. The molecule has 0 radical (unpaired) electrons. The molecule has 1 aliphatic heterocycles. The number of hydrogen-bond acceptors (Lipinski definition) is 2. The Morgan fingerprint density at radius 1 is 1.54 bits per heavy atom. The first-order valence-electron chi connectivity index (χ1n) is 4.41. The number of ether oxygens (including phenoxy) is 1. The topological polar surface area (TPSA) is 21.3 Å². The zero-order valence-electron chi connectivity index (χ0n) is 7.51. The van der Waals surface area contributed by atoms with Gasteiger partial charge >= 0.3 is 0 Å². The molecule has 0 aliphatic carbocycles. The zero-order chi connectivity index (χ0) is 9.26. The lowest BCUT2D eigenvalue weighted by molar-refractivity contribution is 0.257. The van der Waals surface area contributed by atoms with Crippen LogP contribution >= 0.6 is 15.9 Å². The Balaban J connectivity index is 2.40. The number of rotatable bonds is 1. The number of halogens is 1. The van der Waals surface area contributed by atoms with Gasteiger partial charge in [0.05, 0.1) is 6.61 Å². The van der Waals surface area contributed by atoms with Gasteiger partial charge in [0.2, 0.25) is 0 Å². The molecule has 0 unspecified atom stereocenters. The Kier molecular flexibility index (Phi) is 2.56. The van der Waals surface area contributed by atoms with Crippen LogP contribution in [0.5, 0.6) is 5.75 Å². The van der Waals surface area contributed by atoms with Gasteiger partial charge in [0.1, 0.15) is 5.75 Å². The van der Waals surface area contributed by atoms with Crippen molar-refractivity contribution in [2.75, 3.05) is 13.7 Å². The Labute approximate surface area is 86.4 Å². The molecule has 0 amide bonds. The highest BCUT2D eigenvalue weighted by molar-refractivity contribution is 9.10. The lowest BCUT2D eigenvalue weighted by Crippen LogP contribution is -2.23. The van der Waals surface area contributed by atoms with Gasteiger partial charge in [-0.15, -0.1) is 0 Å². The summed E-state index contributed by atoms with van der Waals surface area (Å²) in [7, 11) is 1.99. The van der Waals surface area contributed by atoms with Crippen LogP contribution in [-0.4, -0.2) is 13.7 Å². The van der Waals surface area contributed by atoms with Gasteiger partial charge in [-0.05, 0) is 19.2 Å². The van der Waals surface area contributed by atoms with E-state index >= 15 is 0 Å². The van der Waals surface area contributed by atoms with Gasteiger partial charge in [-0.1, -0.05) is 22.0 Å². The van der Waals surface area contributed by atoms with E-state index in [0.717, 1.165) is 23.2 Å². The lowest BCUT2D eigenvalue weighted by Gasteiger charge is -2.25. The Hall–Kier alpha value is -0.540. The molecule has 2 rings (SSSR count). The number of fused-ring (bicyclic) bond motifs is 1. The van der Waals surface area contributed by atoms with Crippen LogP contribution in [0.2, 0.25) is 0 Å². The fraction of sp³-hybridized carbons (Fsp3) is 0.400. The van der Waals surface area contributed by atoms with E-state index in [0.29, 0.717) is 6.04 Å². The Bertz CT molecular complexity index is 314. The maximum atomic E-state index is 5.57. The molecule has 0 fully saturated rings. The SMILES string of the molecule is CN[C@@H]1CCOc2cc(Br)ccc21. The van der Waals surface area contributed by atoms with Crippen LogP contribution in [-0.2, 0) is 0 Å². The summed E-state index contributed by atoms with van der Waals surface area (Å²) >= 11 is 3.43. The third-order valence-electron chi connectivity index (χ3n) is 2.36. The molecule has 0 spiro atoms. The average molecular weight is 242 g/mol. The van der Waals surface area contributed by atoms with Gasteiger partial charge in [-0.3, -0.25) is 0 Å². The normalized spacial score (nSPS) is 20.6. The minimum Gasteiger partial charge on any atom is -0.493 e. The van der Waals surface area contributed by atoms with Gasteiger partial charge in [0.25, 0.3) is 0 Å². The number of benzene rings is 1. The van der Waals surface area contributed by atoms with Gasteiger partial charge in [0.15, 0.2) is 0 Å². The first-order chi connectivity index (χ1) is 6.31. The van der Waals surface area contributed by atoms with Crippen molar-refractivity contribution in [2.24, 2.45) is 0 Å². The minimum atomic E-state index is 0.442. The highest BCUT2D eigenvalue weighted by atomic mass is 79.9. The fourth-order valence-corrected chi connectivity index (χ4v) is 2.00. The van der Waals surface area contributed by atoms with E-state index in [-0.39, 0.29) is 0 Å². The average Bonchev–Trinajstić information content (AvgIpc) is 2.16. The molecule has 0 bridgehead atoms. The highest BCUT2D eigenvalue weighted by Crippen LogP contribution is 2.33. The van der Waals surface area contributed by atoms with Crippen molar-refractivity contribution < 1.29 is 4.74 Å². The number of hydrogen-bond donors (Lipinski definition) is 1. The molecule has 1 aromatic rings. The van der Waals surface area contributed by atoms with Crippen LogP contribution in [0.25, 0.3) is 0 Å². The predicted octanol–water partition coefficient (Wildman–Crippen LogP) is 2.49. The number of nitrogens with one attached hydrogen (secondary N) is 1. The monoisotopic (exact) mass is 241 g/mol. The van der Waals surface area contributed by atoms with Crippen LogP contribution in [0.15, 0.2) is 22.7 Å². The zero-order valence-corrected chi connectivity index (χ0v) is 9.10. The lowest BCUT2D eigenvalue weighted by atomic mass is 10.0. The third-order valence-corrected chi connectivity index (χ3v) is 2.86. The van der Waals surface area contributed by atoms with E-state index in [1.165, 1.54) is 5.56 Å². The summed E-state index contributed by atoms with van der Waals surface area (Å²) in [6.07, 6.45) is 1.05. The summed E-state index contributed by atoms with van der Waals surface area (Å²) in [6, 6.07) is 6.63. The van der Waals surface area contributed by atoms with Gasteiger partial charge in [-0.25, -0.2) is 0 Å². The van der Waals surface area contributed by atoms with E-state index in [1.54, 1.807) is 0 Å². The third kappa shape index (κ3) is 1.71. The molecule has 2 nitrogen and oxygen atoms in total. The summed E-state index contributed by atoms with van der Waals surface area (Å²) in [6.45, 7) is 0.801. The Morgan fingerprint density at radius 3 is 3.15 bits per heavy atom. The maximum absolute atomic E-state index is 5.57. The van der Waals surface area contributed by atoms with Crippen LogP contribution < -0.4 is 10.1 Å². The molecule has 1 aromatic carbocycles. The molecule has 0 aromatic heterocycles. The standard InChI is InChI=1S/C10H12BrNO/c1-12-9-4-5-13-10-6-7(11)2-3-8(9)10/h2-3,6,9,12H,4-5H2,1H3/t9-/m1/s1. The van der Waals surface area contributed by atoms with E-state index < -0.39 is 0 Å². The van der Waals surface area contributed by atoms with Crippen molar-refractivity contribution in [1.29, 1.82) is 0 Å². The Morgan fingerprint density at radius 2 is 2.38 bits per heavy atom. The molecule has 3 heteroatoms. The molecule has 0 saturated carbocycles. The second-order valence-corrected chi connectivity index (χ2v) is 4.08. The molecule has 1 heterocycles. The molecule has 13 heavy (non-hydrogen) atoms. The van der Waals surface area contributed by atoms with Crippen molar-refractivity contribution >= 4 is 15.9 Å². The fourth-order valence-electron chi connectivity index (χ4n) is 1.66. The molecule has 70 valence electrons. The van der Waals surface area contributed by atoms with Crippen molar-refractivity contribution in [3.05, 3.63) is 28.2 Å². The van der Waals surface area contributed by atoms with Crippen molar-refractivity contribution in [2.45, 2.75) is 12.5 Å². The molecule has 1 N–H and O–H groups in total. The molecule has 1 aliphatic rings. The van der Waals surface area contributed by atoms with Crippen LogP contribution in [0.4, 0.5) is 0 Å². The minimum absolute atomic E-state index is 0.442. The van der Waals surface area contributed by atoms with Crippen molar-refractivity contribution in [3.63, 3.8) is 0 Å². The predicted molar refractivity (Wildman–Crippen MR) is 56.1 cm³/mol. The molecular weight excluding hydrogens is 230 g/mol. The van der Waals surface area contributed by atoms with E-state index in [4.69, 9.17) is 4.74 Å². The van der Waals surface area contributed by atoms with Crippen molar-refractivity contribution in [3.8, 4) is 5.75 Å². The first kappa shape index (κ1) is 9.03. The van der Waals surface area contributed by atoms with E-state index in [1.807, 2.05) is 13.1 Å². The van der Waals surface area contributed by atoms with E-state index in [2.05, 4.69) is 33.4 Å². The van der Waals surface area contributed by atoms with Gasteiger partial charge in [-0.2, -0.15) is 0 Å². The molecular formula is C10H12BrNO. The largest absolute Gasteiger partial charge is 0.493 e. The summed E-state index contributed by atoms with van der Waals surface area (Å²) in [4.78, 5) is 0. The van der Waals surface area contributed by atoms with Gasteiger partial charge < -0.3 is 10.1 Å². The summed E-state index contributed by atoms with van der Waals surface area (Å²) < 4.78 is 6.64. The summed E-state index contributed by atoms with van der Waals surface area (Å²) in [5.41, 5.74) is 1.26. The summed E-state index contributed by atoms with van der Waals surface area (Å²) in [5, 5.41) is 3.28. The van der Waals surface area contributed by atoms with Crippen LogP contribution in [0, 0.1) is 0 Å². The molecule has 0 saturated heterocycles.